The molecular formula is C24H26ClN3O4. The fourth-order valence-electron chi connectivity index (χ4n) is 4.30. The van der Waals surface area contributed by atoms with E-state index >= 15 is 0 Å². The van der Waals surface area contributed by atoms with Crippen molar-refractivity contribution in [2.45, 2.75) is 51.2 Å². The Morgan fingerprint density at radius 2 is 1.69 bits per heavy atom. The maximum Gasteiger partial charge on any atom is 0.258 e. The van der Waals surface area contributed by atoms with Crippen molar-refractivity contribution in [1.29, 1.82) is 0 Å². The smallest absolute Gasteiger partial charge is 0.258 e. The number of halogens is 1. The second-order valence-electron chi connectivity index (χ2n) is 8.88. The highest BCUT2D eigenvalue weighted by Crippen LogP contribution is 2.49. The van der Waals surface area contributed by atoms with Crippen LogP contribution in [0.15, 0.2) is 53.1 Å². The van der Waals surface area contributed by atoms with Gasteiger partial charge in [0.2, 0.25) is 11.7 Å². The van der Waals surface area contributed by atoms with Crippen molar-refractivity contribution in [1.82, 2.24) is 15.5 Å². The minimum atomic E-state index is -0.350. The van der Waals surface area contributed by atoms with Crippen LogP contribution < -0.4 is 14.8 Å². The van der Waals surface area contributed by atoms with E-state index in [9.17, 15) is 4.79 Å². The molecule has 4 rings (SSSR count). The number of carbonyl (C=O) groups excluding carboxylic acids is 1. The van der Waals surface area contributed by atoms with E-state index in [1.165, 1.54) is 0 Å². The molecule has 1 heterocycles. The maximum absolute atomic E-state index is 12.4. The molecule has 0 atom stereocenters. The lowest BCUT2D eigenvalue weighted by atomic mass is 9.59. The van der Waals surface area contributed by atoms with E-state index in [1.54, 1.807) is 24.3 Å². The number of carbonyl (C=O) groups is 1. The molecule has 1 saturated carbocycles. The molecule has 3 aromatic rings. The van der Waals surface area contributed by atoms with Gasteiger partial charge >= 0.3 is 0 Å². The molecule has 0 aliphatic heterocycles. The van der Waals surface area contributed by atoms with Crippen LogP contribution in [0.3, 0.4) is 0 Å². The lowest BCUT2D eigenvalue weighted by Crippen LogP contribution is -2.61. The molecule has 32 heavy (non-hydrogen) atoms. The highest BCUT2D eigenvalue weighted by molar-refractivity contribution is 6.30. The number of nitrogens with one attached hydrogen (secondary N) is 1. The molecule has 1 fully saturated rings. The van der Waals surface area contributed by atoms with Gasteiger partial charge in [-0.3, -0.25) is 4.79 Å². The summed E-state index contributed by atoms with van der Waals surface area (Å²) in [6, 6.07) is 14.7. The molecule has 0 saturated heterocycles. The SMILES string of the molecule is Cc1ccc(OCC(=O)NC2(C)CC(C)(c3nc(COc4ccc(Cl)cc4)no3)C2)cc1. The van der Waals surface area contributed by atoms with Gasteiger partial charge in [0, 0.05) is 10.6 Å². The van der Waals surface area contributed by atoms with Gasteiger partial charge in [0.05, 0.1) is 5.41 Å². The van der Waals surface area contributed by atoms with Crippen LogP contribution in [-0.4, -0.2) is 28.2 Å². The largest absolute Gasteiger partial charge is 0.485 e. The summed E-state index contributed by atoms with van der Waals surface area (Å²) in [4.78, 5) is 16.9. The van der Waals surface area contributed by atoms with Crippen LogP contribution in [0.25, 0.3) is 0 Å². The summed E-state index contributed by atoms with van der Waals surface area (Å²) in [5, 5.41) is 7.75. The van der Waals surface area contributed by atoms with E-state index in [1.807, 2.05) is 38.1 Å². The Hall–Kier alpha value is -3.06. The molecule has 1 amide bonds. The first-order chi connectivity index (χ1) is 15.2. The molecule has 0 spiro atoms. The third-order valence-electron chi connectivity index (χ3n) is 5.56. The number of hydrogen-bond donors (Lipinski definition) is 1. The molecular weight excluding hydrogens is 430 g/mol. The van der Waals surface area contributed by atoms with Crippen LogP contribution >= 0.6 is 11.6 Å². The van der Waals surface area contributed by atoms with Crippen LogP contribution in [0, 0.1) is 6.92 Å². The van der Waals surface area contributed by atoms with Gasteiger partial charge in [-0.1, -0.05) is 41.4 Å². The summed E-state index contributed by atoms with van der Waals surface area (Å²) in [6.07, 6.45) is 1.38. The second kappa shape index (κ2) is 8.82. The van der Waals surface area contributed by atoms with Gasteiger partial charge in [0.1, 0.15) is 11.5 Å². The highest BCUT2D eigenvalue weighted by atomic mass is 35.5. The minimum Gasteiger partial charge on any atom is -0.485 e. The van der Waals surface area contributed by atoms with Crippen molar-refractivity contribution in [3.8, 4) is 11.5 Å². The molecule has 0 radical (unpaired) electrons. The van der Waals surface area contributed by atoms with E-state index in [2.05, 4.69) is 22.4 Å². The number of rotatable bonds is 8. The fraction of sp³-hybridized carbons (Fsp3) is 0.375. The van der Waals surface area contributed by atoms with E-state index in [4.69, 9.17) is 25.6 Å². The van der Waals surface area contributed by atoms with Crippen molar-refractivity contribution >= 4 is 17.5 Å². The van der Waals surface area contributed by atoms with Crippen molar-refractivity contribution in [3.63, 3.8) is 0 Å². The second-order valence-corrected chi connectivity index (χ2v) is 9.32. The maximum atomic E-state index is 12.4. The van der Waals surface area contributed by atoms with Gasteiger partial charge in [-0.05, 0) is 63.1 Å². The van der Waals surface area contributed by atoms with Crippen LogP contribution in [0.2, 0.25) is 5.02 Å². The molecule has 1 N–H and O–H groups in total. The Labute approximate surface area is 192 Å². The molecule has 1 aromatic heterocycles. The third-order valence-corrected chi connectivity index (χ3v) is 5.81. The minimum absolute atomic E-state index is 0.0257. The van der Waals surface area contributed by atoms with Gasteiger partial charge in [-0.15, -0.1) is 0 Å². The van der Waals surface area contributed by atoms with E-state index < -0.39 is 0 Å². The van der Waals surface area contributed by atoms with Crippen LogP contribution in [-0.2, 0) is 16.8 Å². The predicted molar refractivity (Wildman–Crippen MR) is 120 cm³/mol. The number of ether oxygens (including phenoxy) is 2. The van der Waals surface area contributed by atoms with Crippen molar-refractivity contribution in [2.24, 2.45) is 0 Å². The van der Waals surface area contributed by atoms with Crippen LogP contribution in [0.4, 0.5) is 0 Å². The number of benzene rings is 2. The molecule has 0 bridgehead atoms. The van der Waals surface area contributed by atoms with Gasteiger partial charge < -0.3 is 19.3 Å². The lowest BCUT2D eigenvalue weighted by molar-refractivity contribution is -0.127. The zero-order valence-corrected chi connectivity index (χ0v) is 19.1. The quantitative estimate of drug-likeness (QED) is 0.533. The molecule has 7 nitrogen and oxygen atoms in total. The molecule has 1 aliphatic carbocycles. The van der Waals surface area contributed by atoms with Crippen molar-refractivity contribution < 1.29 is 18.8 Å². The zero-order valence-electron chi connectivity index (χ0n) is 18.4. The first-order valence-electron chi connectivity index (χ1n) is 10.5. The summed E-state index contributed by atoms with van der Waals surface area (Å²) < 4.78 is 16.7. The first kappa shape index (κ1) is 22.1. The topological polar surface area (TPSA) is 86.5 Å². The highest BCUT2D eigenvalue weighted by Gasteiger charge is 2.53. The zero-order chi connectivity index (χ0) is 22.8. The van der Waals surface area contributed by atoms with E-state index in [0.29, 0.717) is 41.1 Å². The monoisotopic (exact) mass is 455 g/mol. The van der Waals surface area contributed by atoms with E-state index in [-0.39, 0.29) is 30.1 Å². The summed E-state index contributed by atoms with van der Waals surface area (Å²) >= 11 is 5.88. The summed E-state index contributed by atoms with van der Waals surface area (Å²) in [6.45, 7) is 6.25. The Kier molecular flexibility index (Phi) is 6.11. The number of nitrogens with zero attached hydrogens (tertiary/aromatic N) is 2. The summed E-state index contributed by atoms with van der Waals surface area (Å²) in [5.41, 5.74) is 0.492. The molecule has 8 heteroatoms. The predicted octanol–water partition coefficient (Wildman–Crippen LogP) is 4.62. The lowest BCUT2D eigenvalue weighted by Gasteiger charge is -2.51. The number of hydrogen-bond acceptors (Lipinski definition) is 6. The Bertz CT molecular complexity index is 1070. The fourth-order valence-corrected chi connectivity index (χ4v) is 4.43. The van der Waals surface area contributed by atoms with Crippen molar-refractivity contribution in [2.75, 3.05) is 6.61 Å². The Balaban J connectivity index is 1.26. The first-order valence-corrected chi connectivity index (χ1v) is 10.8. The van der Waals surface area contributed by atoms with Gasteiger partial charge in [0.15, 0.2) is 13.2 Å². The Morgan fingerprint density at radius 3 is 2.38 bits per heavy atom. The average molecular weight is 456 g/mol. The standard InChI is InChI=1S/C24H26ClN3O4/c1-16-4-8-18(9-5-16)31-13-21(29)27-24(3)14-23(2,15-24)22-26-20(28-32-22)12-30-19-10-6-17(25)7-11-19/h4-11H,12-15H2,1-3H3,(H,27,29). The molecule has 0 unspecified atom stereocenters. The van der Waals surface area contributed by atoms with Gasteiger partial charge in [-0.25, -0.2) is 0 Å². The number of aryl methyl sites for hydroxylation is 1. The molecule has 2 aromatic carbocycles. The molecule has 168 valence electrons. The third kappa shape index (κ3) is 5.22. The average Bonchev–Trinajstić information content (AvgIpc) is 3.21. The van der Waals surface area contributed by atoms with Gasteiger partial charge in [-0.2, -0.15) is 4.98 Å². The summed E-state index contributed by atoms with van der Waals surface area (Å²) in [5.74, 6) is 2.22. The Morgan fingerprint density at radius 1 is 1.06 bits per heavy atom. The van der Waals surface area contributed by atoms with Gasteiger partial charge in [0.25, 0.3) is 5.91 Å². The normalized spacial score (nSPS) is 22.1. The van der Waals surface area contributed by atoms with E-state index in [0.717, 1.165) is 5.56 Å². The van der Waals surface area contributed by atoms with Crippen LogP contribution in [0.1, 0.15) is 44.0 Å². The number of aromatic nitrogens is 2. The summed E-state index contributed by atoms with van der Waals surface area (Å²) in [7, 11) is 0. The number of amides is 1. The van der Waals surface area contributed by atoms with Crippen LogP contribution in [0.5, 0.6) is 11.5 Å². The van der Waals surface area contributed by atoms with Crippen molar-refractivity contribution in [3.05, 3.63) is 70.8 Å². The molecule has 1 aliphatic rings.